The summed E-state index contributed by atoms with van der Waals surface area (Å²) in [6, 6.07) is 18.4. The van der Waals surface area contributed by atoms with Gasteiger partial charge in [0.25, 0.3) is 11.1 Å². The number of amides is 2. The summed E-state index contributed by atoms with van der Waals surface area (Å²) in [7, 11) is 0. The summed E-state index contributed by atoms with van der Waals surface area (Å²) in [5, 5.41) is 4.25. The van der Waals surface area contributed by atoms with Gasteiger partial charge in [-0.3, -0.25) is 14.5 Å². The Kier molecular flexibility index (Phi) is 4.06. The average Bonchev–Trinajstić information content (AvgIpc) is 2.89. The molecule has 0 unspecified atom stereocenters. The quantitative estimate of drug-likeness (QED) is 0.468. The van der Waals surface area contributed by atoms with E-state index in [1.54, 1.807) is 0 Å². The molecule has 3 aromatic rings. The van der Waals surface area contributed by atoms with E-state index in [1.165, 1.54) is 4.90 Å². The molecule has 1 fully saturated rings. The fourth-order valence-electron chi connectivity index (χ4n) is 3.25. The summed E-state index contributed by atoms with van der Waals surface area (Å²) >= 11 is 1.03. The molecule has 0 aliphatic carbocycles. The van der Waals surface area contributed by atoms with Crippen molar-refractivity contribution in [3.8, 4) is 0 Å². The van der Waals surface area contributed by atoms with Gasteiger partial charge in [0, 0.05) is 6.54 Å². The molecule has 0 aromatic heterocycles. The molecule has 1 heterocycles. The summed E-state index contributed by atoms with van der Waals surface area (Å²) in [6.45, 7) is 2.43. The van der Waals surface area contributed by atoms with Crippen molar-refractivity contribution >= 4 is 50.5 Å². The van der Waals surface area contributed by atoms with Crippen LogP contribution >= 0.6 is 11.8 Å². The molecule has 2 amide bonds. The molecule has 1 aliphatic rings. The highest BCUT2D eigenvalue weighted by Gasteiger charge is 2.34. The Hall–Kier alpha value is -2.59. The Morgan fingerprint density at radius 2 is 1.56 bits per heavy atom. The number of carbonyl (C=O) groups excluding carboxylic acids is 2. The second-order valence-electron chi connectivity index (χ2n) is 6.07. The molecule has 0 spiro atoms. The van der Waals surface area contributed by atoms with Gasteiger partial charge < -0.3 is 0 Å². The monoisotopic (exact) mass is 347 g/mol. The molecular weight excluding hydrogens is 330 g/mol. The van der Waals surface area contributed by atoms with Crippen LogP contribution in [0.4, 0.5) is 4.79 Å². The van der Waals surface area contributed by atoms with Gasteiger partial charge in [0.1, 0.15) is 0 Å². The lowest BCUT2D eigenvalue weighted by atomic mass is 9.96. The molecule has 1 saturated heterocycles. The number of fused-ring (bicyclic) bond motifs is 2. The van der Waals surface area contributed by atoms with E-state index in [0.29, 0.717) is 11.4 Å². The Labute approximate surface area is 150 Å². The molecule has 0 N–H and O–H groups in total. The molecule has 3 aromatic carbocycles. The van der Waals surface area contributed by atoms with Crippen LogP contribution in [-0.2, 0) is 4.79 Å². The first kappa shape index (κ1) is 15.9. The summed E-state index contributed by atoms with van der Waals surface area (Å²) in [5.41, 5.74) is 0.996. The van der Waals surface area contributed by atoms with Crippen LogP contribution in [0.5, 0.6) is 0 Å². The molecule has 4 rings (SSSR count). The smallest absolute Gasteiger partial charge is 0.268 e. The number of carbonyl (C=O) groups is 2. The van der Waals surface area contributed by atoms with E-state index in [9.17, 15) is 9.59 Å². The SMILES string of the molecule is CCCN1C(=O)S/C(=C/c2c3ccccc3cc3ccccc23)C1=O. The maximum absolute atomic E-state index is 12.6. The summed E-state index contributed by atoms with van der Waals surface area (Å²) in [5.74, 6) is -0.186. The van der Waals surface area contributed by atoms with Crippen LogP contribution in [-0.4, -0.2) is 22.6 Å². The Morgan fingerprint density at radius 3 is 2.16 bits per heavy atom. The van der Waals surface area contributed by atoms with Crippen molar-refractivity contribution in [2.24, 2.45) is 0 Å². The Balaban J connectivity index is 1.94. The lowest BCUT2D eigenvalue weighted by molar-refractivity contribution is -0.122. The molecule has 4 heteroatoms. The minimum absolute atomic E-state index is 0.178. The van der Waals surface area contributed by atoms with E-state index in [2.05, 4.69) is 30.3 Å². The van der Waals surface area contributed by atoms with Crippen LogP contribution in [0.3, 0.4) is 0 Å². The van der Waals surface area contributed by atoms with E-state index in [4.69, 9.17) is 0 Å². The van der Waals surface area contributed by atoms with Gasteiger partial charge in [-0.1, -0.05) is 55.5 Å². The van der Waals surface area contributed by atoms with E-state index >= 15 is 0 Å². The zero-order chi connectivity index (χ0) is 17.4. The maximum Gasteiger partial charge on any atom is 0.293 e. The van der Waals surface area contributed by atoms with Crippen molar-refractivity contribution in [2.45, 2.75) is 13.3 Å². The number of imide groups is 1. The van der Waals surface area contributed by atoms with Crippen molar-refractivity contribution in [3.63, 3.8) is 0 Å². The van der Waals surface area contributed by atoms with Crippen molar-refractivity contribution in [3.05, 3.63) is 65.1 Å². The zero-order valence-electron chi connectivity index (χ0n) is 13.9. The van der Waals surface area contributed by atoms with E-state index < -0.39 is 0 Å². The minimum atomic E-state index is -0.186. The van der Waals surface area contributed by atoms with Gasteiger partial charge in [-0.05, 0) is 57.4 Å². The molecule has 0 atom stereocenters. The van der Waals surface area contributed by atoms with Gasteiger partial charge in [-0.25, -0.2) is 0 Å². The molecular formula is C21H17NO2S. The Morgan fingerprint density at radius 1 is 0.960 bits per heavy atom. The van der Waals surface area contributed by atoms with Crippen LogP contribution in [0.1, 0.15) is 18.9 Å². The van der Waals surface area contributed by atoms with Crippen LogP contribution < -0.4 is 0 Å². The molecule has 0 radical (unpaired) electrons. The first-order valence-electron chi connectivity index (χ1n) is 8.35. The highest BCUT2D eigenvalue weighted by atomic mass is 32.2. The van der Waals surface area contributed by atoms with Crippen molar-refractivity contribution in [1.29, 1.82) is 0 Å². The minimum Gasteiger partial charge on any atom is -0.268 e. The molecule has 3 nitrogen and oxygen atoms in total. The summed E-state index contributed by atoms with van der Waals surface area (Å²) in [6.07, 6.45) is 2.65. The van der Waals surface area contributed by atoms with E-state index in [1.807, 2.05) is 37.3 Å². The molecule has 25 heavy (non-hydrogen) atoms. The lowest BCUT2D eigenvalue weighted by Crippen LogP contribution is -2.28. The first-order chi connectivity index (χ1) is 12.2. The van der Waals surface area contributed by atoms with Gasteiger partial charge >= 0.3 is 0 Å². The first-order valence-corrected chi connectivity index (χ1v) is 9.16. The fourth-order valence-corrected chi connectivity index (χ4v) is 4.10. The third-order valence-corrected chi connectivity index (χ3v) is 5.32. The third kappa shape index (κ3) is 2.72. The molecule has 0 bridgehead atoms. The highest BCUT2D eigenvalue weighted by Crippen LogP contribution is 2.36. The van der Waals surface area contributed by atoms with Crippen LogP contribution in [0.25, 0.3) is 27.6 Å². The predicted octanol–water partition coefficient (Wildman–Crippen LogP) is 5.44. The van der Waals surface area contributed by atoms with Crippen LogP contribution in [0.15, 0.2) is 59.5 Å². The van der Waals surface area contributed by atoms with Gasteiger partial charge in [0.05, 0.1) is 4.91 Å². The molecule has 124 valence electrons. The molecule has 0 saturated carbocycles. The van der Waals surface area contributed by atoms with E-state index in [-0.39, 0.29) is 11.1 Å². The number of rotatable bonds is 3. The lowest BCUT2D eigenvalue weighted by Gasteiger charge is -2.10. The number of thioether (sulfide) groups is 1. The number of hydrogen-bond donors (Lipinski definition) is 0. The predicted molar refractivity (Wildman–Crippen MR) is 104 cm³/mol. The van der Waals surface area contributed by atoms with Gasteiger partial charge in [0.2, 0.25) is 0 Å². The summed E-state index contributed by atoms with van der Waals surface area (Å²) < 4.78 is 0. The number of nitrogens with zero attached hydrogens (tertiary/aromatic N) is 1. The standard InChI is InChI=1S/C21H17NO2S/c1-2-11-22-20(23)19(25-21(22)24)13-18-16-9-5-3-7-14(16)12-15-8-4-6-10-17(15)18/h3-10,12-13H,2,11H2,1H3/b19-13+. The largest absolute Gasteiger partial charge is 0.293 e. The second kappa shape index (κ2) is 6.37. The van der Waals surface area contributed by atoms with Gasteiger partial charge in [-0.2, -0.15) is 0 Å². The van der Waals surface area contributed by atoms with Crippen molar-refractivity contribution in [1.82, 2.24) is 4.90 Å². The van der Waals surface area contributed by atoms with Crippen LogP contribution in [0.2, 0.25) is 0 Å². The molecule has 1 aliphatic heterocycles. The normalized spacial score (nSPS) is 16.5. The number of benzene rings is 3. The second-order valence-corrected chi connectivity index (χ2v) is 7.06. The Bertz CT molecular complexity index is 984. The topological polar surface area (TPSA) is 37.4 Å². The van der Waals surface area contributed by atoms with Crippen molar-refractivity contribution < 1.29 is 9.59 Å². The van der Waals surface area contributed by atoms with E-state index in [0.717, 1.165) is 45.3 Å². The summed E-state index contributed by atoms with van der Waals surface area (Å²) in [4.78, 5) is 26.6. The van der Waals surface area contributed by atoms with Gasteiger partial charge in [-0.15, -0.1) is 0 Å². The van der Waals surface area contributed by atoms with Crippen molar-refractivity contribution in [2.75, 3.05) is 6.54 Å². The zero-order valence-corrected chi connectivity index (χ0v) is 14.7. The average molecular weight is 347 g/mol. The van der Waals surface area contributed by atoms with Crippen LogP contribution in [0, 0.1) is 0 Å². The maximum atomic E-state index is 12.6. The highest BCUT2D eigenvalue weighted by molar-refractivity contribution is 8.18. The van der Waals surface area contributed by atoms with Gasteiger partial charge in [0.15, 0.2) is 0 Å². The number of hydrogen-bond acceptors (Lipinski definition) is 3. The third-order valence-electron chi connectivity index (χ3n) is 4.41. The fraction of sp³-hybridized carbons (Fsp3) is 0.143.